The number of carbonyl (C=O) groups is 2. The Morgan fingerprint density at radius 1 is 0.875 bits per heavy atom. The van der Waals surface area contributed by atoms with Crippen LogP contribution in [-0.2, 0) is 0 Å². The van der Waals surface area contributed by atoms with Gasteiger partial charge in [0.25, 0.3) is 0 Å². The second kappa shape index (κ2) is 3.66. The summed E-state index contributed by atoms with van der Waals surface area (Å²) in [6, 6.07) is 11.0. The van der Waals surface area contributed by atoms with Gasteiger partial charge in [-0.3, -0.25) is 0 Å². The number of rotatable bonds is 2. The van der Waals surface area contributed by atoms with E-state index in [9.17, 15) is 9.59 Å². The van der Waals surface area contributed by atoms with E-state index in [2.05, 4.69) is 12.1 Å². The molecule has 0 unspecified atom stereocenters. The standard InChI is InChI=1S/C12H6O4/c13-11(14)9-5-1-3-7-8(9)4-2-6-10(7)12(15)16/h1-2,5-6H,(H,13,14)(H,15,16). The molecule has 78 valence electrons. The van der Waals surface area contributed by atoms with E-state index in [4.69, 9.17) is 10.2 Å². The molecular weight excluding hydrogens is 208 g/mol. The predicted octanol–water partition coefficient (Wildman–Crippen LogP) is 1.84. The lowest BCUT2D eigenvalue weighted by molar-refractivity contribution is 0.0686. The predicted molar refractivity (Wildman–Crippen MR) is 55.5 cm³/mol. The van der Waals surface area contributed by atoms with Crippen molar-refractivity contribution in [3.63, 3.8) is 0 Å². The zero-order chi connectivity index (χ0) is 11.7. The summed E-state index contributed by atoms with van der Waals surface area (Å²) in [6.45, 7) is 0. The third kappa shape index (κ3) is 1.50. The van der Waals surface area contributed by atoms with Crippen LogP contribution in [0.15, 0.2) is 24.3 Å². The van der Waals surface area contributed by atoms with Crippen LogP contribution in [0.25, 0.3) is 10.8 Å². The monoisotopic (exact) mass is 214 g/mol. The number of benzene rings is 2. The molecule has 2 aromatic carbocycles. The highest BCUT2D eigenvalue weighted by atomic mass is 16.4. The molecule has 0 aliphatic heterocycles. The van der Waals surface area contributed by atoms with Gasteiger partial charge < -0.3 is 10.2 Å². The first kappa shape index (κ1) is 10.2. The summed E-state index contributed by atoms with van der Waals surface area (Å²) in [4.78, 5) is 21.8. The van der Waals surface area contributed by atoms with E-state index in [1.165, 1.54) is 24.3 Å². The lowest BCUT2D eigenvalue weighted by atomic mass is 10.0. The molecular formula is C12H6O4. The van der Waals surface area contributed by atoms with Crippen molar-refractivity contribution < 1.29 is 19.8 Å². The van der Waals surface area contributed by atoms with Gasteiger partial charge in [0, 0.05) is 10.8 Å². The zero-order valence-electron chi connectivity index (χ0n) is 8.02. The molecule has 0 heterocycles. The van der Waals surface area contributed by atoms with Crippen LogP contribution in [0.3, 0.4) is 0 Å². The first-order chi connectivity index (χ1) is 7.61. The van der Waals surface area contributed by atoms with Gasteiger partial charge in [-0.1, -0.05) is 12.1 Å². The molecule has 0 amide bonds. The number of hydrogen-bond donors (Lipinski definition) is 2. The topological polar surface area (TPSA) is 74.6 Å². The van der Waals surface area contributed by atoms with Crippen molar-refractivity contribution in [1.29, 1.82) is 0 Å². The lowest BCUT2D eigenvalue weighted by Crippen LogP contribution is -2.01. The molecule has 2 N–H and O–H groups in total. The van der Waals surface area contributed by atoms with Gasteiger partial charge in [-0.25, -0.2) is 9.59 Å². The molecule has 0 aliphatic carbocycles. The van der Waals surface area contributed by atoms with Crippen molar-refractivity contribution in [2.75, 3.05) is 0 Å². The van der Waals surface area contributed by atoms with Gasteiger partial charge in [-0.05, 0) is 24.3 Å². The molecule has 0 saturated carbocycles. The number of carboxylic acids is 2. The van der Waals surface area contributed by atoms with E-state index in [1.54, 1.807) is 0 Å². The number of aromatic carboxylic acids is 2. The number of carboxylic acid groups (broad SMARTS) is 2. The summed E-state index contributed by atoms with van der Waals surface area (Å²) in [5.41, 5.74) is 0.0497. The molecule has 2 radical (unpaired) electrons. The minimum atomic E-state index is -1.11. The fraction of sp³-hybridized carbons (Fsp3) is 0. The Bertz CT molecular complexity index is 533. The van der Waals surface area contributed by atoms with E-state index < -0.39 is 11.9 Å². The first-order valence-corrected chi connectivity index (χ1v) is 4.43. The first-order valence-electron chi connectivity index (χ1n) is 4.43. The Labute approximate surface area is 90.8 Å². The summed E-state index contributed by atoms with van der Waals surface area (Å²) in [5, 5.41) is 18.4. The molecule has 2 rings (SSSR count). The van der Waals surface area contributed by atoms with E-state index in [0.29, 0.717) is 0 Å². The van der Waals surface area contributed by atoms with Gasteiger partial charge in [0.15, 0.2) is 0 Å². The number of fused-ring (bicyclic) bond motifs is 1. The van der Waals surface area contributed by atoms with E-state index in [-0.39, 0.29) is 21.9 Å². The van der Waals surface area contributed by atoms with Crippen LogP contribution < -0.4 is 0 Å². The molecule has 16 heavy (non-hydrogen) atoms. The van der Waals surface area contributed by atoms with Crippen LogP contribution in [0, 0.1) is 12.1 Å². The minimum absolute atomic E-state index is 0.0249. The highest BCUT2D eigenvalue weighted by molar-refractivity contribution is 6.09. The molecule has 2 aromatic rings. The second-order valence-electron chi connectivity index (χ2n) is 3.14. The fourth-order valence-corrected chi connectivity index (χ4v) is 1.51. The molecule has 0 saturated heterocycles. The summed E-state index contributed by atoms with van der Waals surface area (Å²) in [5.74, 6) is -2.23. The van der Waals surface area contributed by atoms with Crippen LogP contribution >= 0.6 is 0 Å². The Morgan fingerprint density at radius 3 is 1.56 bits per heavy atom. The van der Waals surface area contributed by atoms with Gasteiger partial charge in [-0.2, -0.15) is 0 Å². The average molecular weight is 214 g/mol. The molecule has 4 heteroatoms. The van der Waals surface area contributed by atoms with Gasteiger partial charge in [0.05, 0.1) is 11.1 Å². The maximum Gasteiger partial charge on any atom is 0.336 e. The van der Waals surface area contributed by atoms with Gasteiger partial charge >= 0.3 is 11.9 Å². The van der Waals surface area contributed by atoms with E-state index in [0.717, 1.165) is 0 Å². The maximum atomic E-state index is 10.9. The second-order valence-corrected chi connectivity index (χ2v) is 3.14. The van der Waals surface area contributed by atoms with Crippen LogP contribution in [0.5, 0.6) is 0 Å². The third-order valence-corrected chi connectivity index (χ3v) is 2.20. The summed E-state index contributed by atoms with van der Waals surface area (Å²) < 4.78 is 0. The molecule has 0 atom stereocenters. The highest BCUT2D eigenvalue weighted by Crippen LogP contribution is 2.21. The normalized spacial score (nSPS) is 10.2. The molecule has 0 spiro atoms. The van der Waals surface area contributed by atoms with Gasteiger partial charge in [-0.15, -0.1) is 0 Å². The lowest BCUT2D eigenvalue weighted by Gasteiger charge is -2.03. The summed E-state index contributed by atoms with van der Waals surface area (Å²) >= 11 is 0. The zero-order valence-corrected chi connectivity index (χ0v) is 8.02. The molecule has 0 bridgehead atoms. The van der Waals surface area contributed by atoms with Gasteiger partial charge in [0.1, 0.15) is 0 Å². The quantitative estimate of drug-likeness (QED) is 0.799. The SMILES string of the molecule is O=C(O)c1cc[c]c2c(C(=O)O)cc[c]c12. The highest BCUT2D eigenvalue weighted by Gasteiger charge is 2.13. The van der Waals surface area contributed by atoms with Crippen molar-refractivity contribution in [1.82, 2.24) is 0 Å². The fourth-order valence-electron chi connectivity index (χ4n) is 1.51. The van der Waals surface area contributed by atoms with Crippen molar-refractivity contribution >= 4 is 22.7 Å². The number of hydrogen-bond acceptors (Lipinski definition) is 2. The largest absolute Gasteiger partial charge is 0.478 e. The Hall–Kier alpha value is -2.36. The van der Waals surface area contributed by atoms with Gasteiger partial charge in [0.2, 0.25) is 0 Å². The third-order valence-electron chi connectivity index (χ3n) is 2.20. The molecule has 0 aliphatic rings. The average Bonchev–Trinajstić information content (AvgIpc) is 2.27. The van der Waals surface area contributed by atoms with Crippen molar-refractivity contribution in [3.8, 4) is 0 Å². The molecule has 4 nitrogen and oxygen atoms in total. The summed E-state index contributed by atoms with van der Waals surface area (Å²) in [7, 11) is 0. The van der Waals surface area contributed by atoms with Crippen LogP contribution in [0.4, 0.5) is 0 Å². The van der Waals surface area contributed by atoms with Crippen molar-refractivity contribution in [2.45, 2.75) is 0 Å². The van der Waals surface area contributed by atoms with E-state index >= 15 is 0 Å². The summed E-state index contributed by atoms with van der Waals surface area (Å²) in [6.07, 6.45) is 0. The van der Waals surface area contributed by atoms with E-state index in [1.807, 2.05) is 0 Å². The van der Waals surface area contributed by atoms with Crippen LogP contribution in [-0.4, -0.2) is 22.2 Å². The smallest absolute Gasteiger partial charge is 0.336 e. The van der Waals surface area contributed by atoms with Crippen LogP contribution in [0.2, 0.25) is 0 Å². The molecule has 0 aromatic heterocycles. The van der Waals surface area contributed by atoms with Crippen molar-refractivity contribution in [2.24, 2.45) is 0 Å². The van der Waals surface area contributed by atoms with Crippen LogP contribution in [0.1, 0.15) is 20.7 Å². The Morgan fingerprint density at radius 2 is 1.25 bits per heavy atom. The maximum absolute atomic E-state index is 10.9. The van der Waals surface area contributed by atoms with Crippen molar-refractivity contribution in [3.05, 3.63) is 47.5 Å². The Balaban J connectivity index is 2.86. The molecule has 0 fully saturated rings. The minimum Gasteiger partial charge on any atom is -0.478 e. The Kier molecular flexibility index (Phi) is 2.32.